The van der Waals surface area contributed by atoms with Gasteiger partial charge in [0.15, 0.2) is 5.78 Å². The van der Waals surface area contributed by atoms with E-state index in [-0.39, 0.29) is 18.2 Å². The molecule has 4 heteroatoms. The smallest absolute Gasteiger partial charge is 0.184 e. The van der Waals surface area contributed by atoms with E-state index in [0.29, 0.717) is 17.1 Å². The van der Waals surface area contributed by atoms with E-state index < -0.39 is 6.04 Å². The minimum Gasteiger partial charge on any atom is -0.299 e. The Kier molecular flexibility index (Phi) is 7.20. The number of carbonyl (C=O) groups is 1. The molecule has 0 aromatic heterocycles. The second-order valence-corrected chi connectivity index (χ2v) is 5.95. The van der Waals surface area contributed by atoms with Crippen molar-refractivity contribution in [2.75, 3.05) is 0 Å². The minimum absolute atomic E-state index is 0. The fourth-order valence-electron chi connectivity index (χ4n) is 2.63. The van der Waals surface area contributed by atoms with E-state index >= 15 is 0 Å². The van der Waals surface area contributed by atoms with Crippen molar-refractivity contribution >= 4 is 29.8 Å². The molecule has 1 unspecified atom stereocenters. The van der Waals surface area contributed by atoms with Crippen LogP contribution in [0, 0.1) is 0 Å². The van der Waals surface area contributed by atoms with E-state index in [1.54, 1.807) is 0 Å². The van der Waals surface area contributed by atoms with Crippen molar-refractivity contribution in [3.05, 3.63) is 107 Å². The molecule has 2 nitrogen and oxygen atoms in total. The molecule has 0 bridgehead atoms. The van der Waals surface area contributed by atoms with Gasteiger partial charge in [-0.25, -0.2) is 0 Å². The first-order valence-electron chi connectivity index (χ1n) is 7.86. The summed E-state index contributed by atoms with van der Waals surface area (Å²) in [6.45, 7) is 0.526. The highest BCUT2D eigenvalue weighted by atomic mass is 35.5. The lowest BCUT2D eigenvalue weighted by atomic mass is 9.97. The largest absolute Gasteiger partial charge is 0.299 e. The number of hydrogen-bond acceptors (Lipinski definition) is 2. The Morgan fingerprint density at radius 2 is 1.40 bits per heavy atom. The molecule has 3 aromatic rings. The van der Waals surface area contributed by atoms with Crippen LogP contribution in [0.25, 0.3) is 0 Å². The number of rotatable bonds is 6. The van der Waals surface area contributed by atoms with E-state index in [2.05, 4.69) is 5.32 Å². The first kappa shape index (κ1) is 19.2. The first-order chi connectivity index (χ1) is 11.8. The Morgan fingerprint density at radius 1 is 0.840 bits per heavy atom. The van der Waals surface area contributed by atoms with Gasteiger partial charge in [0.05, 0.1) is 6.04 Å². The third-order valence-electron chi connectivity index (χ3n) is 3.91. The molecular weight excluding hydrogens is 353 g/mol. The molecule has 0 radical (unpaired) electrons. The van der Waals surface area contributed by atoms with Crippen molar-refractivity contribution in [1.29, 1.82) is 0 Å². The summed E-state index contributed by atoms with van der Waals surface area (Å²) >= 11 is 6.23. The summed E-state index contributed by atoms with van der Waals surface area (Å²) in [5, 5.41) is 4.06. The summed E-state index contributed by atoms with van der Waals surface area (Å²) < 4.78 is 0. The van der Waals surface area contributed by atoms with Crippen LogP contribution in [0.15, 0.2) is 84.9 Å². The molecular formula is C21H19Cl2NO. The van der Waals surface area contributed by atoms with Crippen LogP contribution in [0.1, 0.15) is 27.5 Å². The van der Waals surface area contributed by atoms with Gasteiger partial charge in [0.1, 0.15) is 0 Å². The van der Waals surface area contributed by atoms with Crippen LogP contribution in [0.5, 0.6) is 0 Å². The van der Waals surface area contributed by atoms with Gasteiger partial charge in [-0.1, -0.05) is 90.5 Å². The van der Waals surface area contributed by atoms with Gasteiger partial charge in [-0.2, -0.15) is 0 Å². The molecule has 25 heavy (non-hydrogen) atoms. The number of benzene rings is 3. The molecule has 0 aliphatic heterocycles. The zero-order valence-corrected chi connectivity index (χ0v) is 15.1. The minimum atomic E-state index is -0.412. The zero-order valence-electron chi connectivity index (χ0n) is 13.6. The average molecular weight is 372 g/mol. The molecule has 0 amide bonds. The van der Waals surface area contributed by atoms with Gasteiger partial charge in [-0.05, 0) is 17.2 Å². The third kappa shape index (κ3) is 4.93. The van der Waals surface area contributed by atoms with Crippen LogP contribution in [0.4, 0.5) is 0 Å². The summed E-state index contributed by atoms with van der Waals surface area (Å²) in [5.74, 6) is 0.0499. The van der Waals surface area contributed by atoms with Gasteiger partial charge >= 0.3 is 0 Å². The molecule has 1 N–H and O–H groups in total. The maximum atomic E-state index is 13.0. The lowest BCUT2D eigenvalue weighted by molar-refractivity contribution is 0.0942. The van der Waals surface area contributed by atoms with Crippen molar-refractivity contribution in [3.63, 3.8) is 0 Å². The van der Waals surface area contributed by atoms with Crippen LogP contribution in [-0.4, -0.2) is 5.78 Å². The first-order valence-corrected chi connectivity index (χ1v) is 8.24. The topological polar surface area (TPSA) is 29.1 Å². The van der Waals surface area contributed by atoms with Crippen molar-refractivity contribution in [3.8, 4) is 0 Å². The third-order valence-corrected chi connectivity index (χ3v) is 4.28. The number of ketones is 1. The molecule has 0 fully saturated rings. The molecule has 0 saturated heterocycles. The summed E-state index contributed by atoms with van der Waals surface area (Å²) in [4.78, 5) is 13.0. The molecule has 0 spiro atoms. The molecule has 0 heterocycles. The van der Waals surface area contributed by atoms with Crippen molar-refractivity contribution < 1.29 is 4.79 Å². The summed E-state index contributed by atoms with van der Waals surface area (Å²) in [7, 11) is 0. The molecule has 0 saturated carbocycles. The van der Waals surface area contributed by atoms with Crippen LogP contribution in [0.2, 0.25) is 5.02 Å². The highest BCUT2D eigenvalue weighted by Gasteiger charge is 2.21. The molecule has 0 aliphatic rings. The van der Waals surface area contributed by atoms with Crippen LogP contribution in [-0.2, 0) is 6.54 Å². The van der Waals surface area contributed by atoms with Crippen molar-refractivity contribution in [1.82, 2.24) is 5.32 Å². The predicted molar refractivity (Wildman–Crippen MR) is 105 cm³/mol. The normalized spacial score (nSPS) is 11.4. The maximum Gasteiger partial charge on any atom is 0.184 e. The van der Waals surface area contributed by atoms with Gasteiger partial charge in [-0.15, -0.1) is 12.4 Å². The lowest BCUT2D eigenvalue weighted by Crippen LogP contribution is -2.28. The van der Waals surface area contributed by atoms with Gasteiger partial charge in [0, 0.05) is 17.1 Å². The quantitative estimate of drug-likeness (QED) is 0.581. The highest BCUT2D eigenvalue weighted by molar-refractivity contribution is 6.31. The molecule has 1 atom stereocenters. The van der Waals surface area contributed by atoms with Crippen molar-refractivity contribution in [2.24, 2.45) is 0 Å². The number of nitrogens with one attached hydrogen (secondary N) is 1. The van der Waals surface area contributed by atoms with Crippen LogP contribution < -0.4 is 5.32 Å². The number of hydrogen-bond donors (Lipinski definition) is 1. The van der Waals surface area contributed by atoms with Crippen LogP contribution >= 0.6 is 24.0 Å². The SMILES string of the molecule is Cl.O=C(c1ccccc1)C(NCc1ccccc1Cl)c1ccccc1. The Labute approximate surface area is 159 Å². The van der Waals surface area contributed by atoms with Crippen LogP contribution in [0.3, 0.4) is 0 Å². The monoisotopic (exact) mass is 371 g/mol. The van der Waals surface area contributed by atoms with Gasteiger partial charge in [0.2, 0.25) is 0 Å². The van der Waals surface area contributed by atoms with Gasteiger partial charge in [-0.3, -0.25) is 10.1 Å². The van der Waals surface area contributed by atoms with Gasteiger partial charge < -0.3 is 0 Å². The van der Waals surface area contributed by atoms with Crippen molar-refractivity contribution in [2.45, 2.75) is 12.6 Å². The van der Waals surface area contributed by atoms with E-state index in [1.807, 2.05) is 84.9 Å². The van der Waals surface area contributed by atoms with E-state index in [1.165, 1.54) is 0 Å². The predicted octanol–water partition coefficient (Wildman–Crippen LogP) is 5.48. The standard InChI is InChI=1S/C21H18ClNO.ClH/c22-19-14-8-7-13-18(19)15-23-20(16-9-3-1-4-10-16)21(24)17-11-5-2-6-12-17;/h1-14,20,23H,15H2;1H. The molecule has 0 aliphatic carbocycles. The highest BCUT2D eigenvalue weighted by Crippen LogP contribution is 2.21. The Bertz CT molecular complexity index is 806. The zero-order chi connectivity index (χ0) is 16.8. The Hall–Kier alpha value is -2.13. The number of carbonyl (C=O) groups excluding carboxylic acids is 1. The second-order valence-electron chi connectivity index (χ2n) is 5.55. The average Bonchev–Trinajstić information content (AvgIpc) is 2.65. The number of halogens is 2. The Balaban J connectivity index is 0.00000225. The van der Waals surface area contributed by atoms with Gasteiger partial charge in [0.25, 0.3) is 0 Å². The molecule has 3 rings (SSSR count). The lowest BCUT2D eigenvalue weighted by Gasteiger charge is -2.19. The fourth-order valence-corrected chi connectivity index (χ4v) is 2.83. The van der Waals surface area contributed by atoms with E-state index in [9.17, 15) is 4.79 Å². The maximum absolute atomic E-state index is 13.0. The summed E-state index contributed by atoms with van der Waals surface area (Å²) in [5.41, 5.74) is 2.61. The molecule has 3 aromatic carbocycles. The van der Waals surface area contributed by atoms with E-state index in [0.717, 1.165) is 11.1 Å². The summed E-state index contributed by atoms with van der Waals surface area (Å²) in [6.07, 6.45) is 0. The summed E-state index contributed by atoms with van der Waals surface area (Å²) in [6, 6.07) is 26.4. The second kappa shape index (κ2) is 9.38. The fraction of sp³-hybridized carbons (Fsp3) is 0.0952. The number of Topliss-reactive ketones (excluding diaryl/α,β-unsaturated/α-hetero) is 1. The molecule has 128 valence electrons. The Morgan fingerprint density at radius 3 is 2.04 bits per heavy atom. The van der Waals surface area contributed by atoms with E-state index in [4.69, 9.17) is 11.6 Å².